The molecule has 0 atom stereocenters. The quantitative estimate of drug-likeness (QED) is 0.823. The lowest BCUT2D eigenvalue weighted by atomic mass is 9.49. The summed E-state index contributed by atoms with van der Waals surface area (Å²) in [6.07, 6.45) is 7.36. The van der Waals surface area contributed by atoms with Gasteiger partial charge in [-0.2, -0.15) is 0 Å². The molecule has 1 aromatic rings. The summed E-state index contributed by atoms with van der Waals surface area (Å²) in [7, 11) is 0. The van der Waals surface area contributed by atoms with Crippen LogP contribution in [0.4, 0.5) is 10.1 Å². The number of hydrogen-bond donors (Lipinski definition) is 1. The van der Waals surface area contributed by atoms with Crippen LogP contribution >= 0.6 is 0 Å². The first-order valence-corrected chi connectivity index (χ1v) is 11.5. The number of carbonyl (C=O) groups is 2. The van der Waals surface area contributed by atoms with E-state index in [1.807, 2.05) is 0 Å². The molecule has 1 aliphatic heterocycles. The normalized spacial score (nSPS) is 33.0. The average Bonchev–Trinajstić information content (AvgIpc) is 2.70. The molecule has 6 rings (SSSR count). The Hall–Kier alpha value is -1.95. The third-order valence-corrected chi connectivity index (χ3v) is 7.97. The minimum absolute atomic E-state index is 0.0796. The minimum Gasteiger partial charge on any atom is -0.340 e. The van der Waals surface area contributed by atoms with Crippen molar-refractivity contribution in [3.05, 3.63) is 29.6 Å². The fourth-order valence-corrected chi connectivity index (χ4v) is 6.89. The summed E-state index contributed by atoms with van der Waals surface area (Å²) in [5, 5.41) is 2.78. The van der Waals surface area contributed by atoms with Crippen molar-refractivity contribution in [3.63, 3.8) is 0 Å². The number of hydrogen-bond acceptors (Lipinski definition) is 3. The summed E-state index contributed by atoms with van der Waals surface area (Å²) in [4.78, 5) is 30.0. The molecule has 0 aromatic heterocycles. The Kier molecular flexibility index (Phi) is 5.08. The van der Waals surface area contributed by atoms with Crippen LogP contribution in [0.5, 0.6) is 0 Å². The lowest BCUT2D eigenvalue weighted by Crippen LogP contribution is -2.58. The highest BCUT2D eigenvalue weighted by Gasteiger charge is 2.55. The van der Waals surface area contributed by atoms with Gasteiger partial charge in [-0.05, 0) is 80.9 Å². The number of nitrogens with zero attached hydrogens (tertiary/aromatic N) is 2. The summed E-state index contributed by atoms with van der Waals surface area (Å²) in [6.45, 7) is 4.81. The van der Waals surface area contributed by atoms with Gasteiger partial charge in [0, 0.05) is 31.9 Å². The van der Waals surface area contributed by atoms with E-state index in [0.29, 0.717) is 43.3 Å². The van der Waals surface area contributed by atoms with Crippen LogP contribution in [0.1, 0.15) is 44.1 Å². The molecule has 4 aliphatic carbocycles. The van der Waals surface area contributed by atoms with Crippen molar-refractivity contribution in [1.29, 1.82) is 0 Å². The number of rotatable bonds is 4. The van der Waals surface area contributed by atoms with Gasteiger partial charge in [0.25, 0.3) is 0 Å². The number of anilines is 1. The molecule has 0 spiro atoms. The van der Waals surface area contributed by atoms with Crippen molar-refractivity contribution >= 4 is 17.5 Å². The van der Waals surface area contributed by atoms with E-state index in [2.05, 4.69) is 15.1 Å². The molecule has 4 saturated carbocycles. The molecule has 30 heavy (non-hydrogen) atoms. The predicted molar refractivity (Wildman–Crippen MR) is 113 cm³/mol. The highest BCUT2D eigenvalue weighted by Crippen LogP contribution is 2.60. The smallest absolute Gasteiger partial charge is 0.238 e. The Morgan fingerprint density at radius 2 is 1.63 bits per heavy atom. The molecule has 2 amide bonds. The molecular weight excluding hydrogens is 381 g/mol. The van der Waals surface area contributed by atoms with Crippen LogP contribution in [-0.4, -0.2) is 54.3 Å². The highest BCUT2D eigenvalue weighted by atomic mass is 19.1. The average molecular weight is 414 g/mol. The number of benzene rings is 1. The van der Waals surface area contributed by atoms with Crippen molar-refractivity contribution in [2.45, 2.75) is 45.4 Å². The van der Waals surface area contributed by atoms with E-state index in [1.165, 1.54) is 25.3 Å². The first-order chi connectivity index (χ1) is 14.4. The molecule has 1 heterocycles. The maximum Gasteiger partial charge on any atom is 0.238 e. The van der Waals surface area contributed by atoms with Gasteiger partial charge in [-0.1, -0.05) is 6.07 Å². The topological polar surface area (TPSA) is 52.7 Å². The van der Waals surface area contributed by atoms with E-state index in [4.69, 9.17) is 0 Å². The number of halogens is 1. The summed E-state index contributed by atoms with van der Waals surface area (Å²) < 4.78 is 13.7. The minimum atomic E-state index is -0.315. The molecule has 1 saturated heterocycles. The molecule has 5 aliphatic rings. The van der Waals surface area contributed by atoms with E-state index in [0.717, 1.165) is 37.0 Å². The van der Waals surface area contributed by atoms with Gasteiger partial charge in [-0.25, -0.2) is 4.39 Å². The van der Waals surface area contributed by atoms with Gasteiger partial charge in [-0.3, -0.25) is 14.5 Å². The molecule has 5 fully saturated rings. The van der Waals surface area contributed by atoms with Crippen LogP contribution in [-0.2, 0) is 9.59 Å². The molecular formula is C24H32FN3O2. The van der Waals surface area contributed by atoms with E-state index in [1.54, 1.807) is 19.1 Å². The van der Waals surface area contributed by atoms with Gasteiger partial charge in [-0.15, -0.1) is 0 Å². The molecule has 6 heteroatoms. The van der Waals surface area contributed by atoms with Crippen molar-refractivity contribution in [1.82, 2.24) is 9.80 Å². The Bertz CT molecular complexity index is 812. The van der Waals surface area contributed by atoms with Gasteiger partial charge in [0.2, 0.25) is 11.8 Å². The molecule has 4 bridgehead atoms. The van der Waals surface area contributed by atoms with Crippen LogP contribution in [0.3, 0.4) is 0 Å². The third kappa shape index (κ3) is 3.75. The number of nitrogens with one attached hydrogen (secondary N) is 1. The number of piperazine rings is 1. The van der Waals surface area contributed by atoms with Gasteiger partial charge >= 0.3 is 0 Å². The maximum absolute atomic E-state index is 13.7. The van der Waals surface area contributed by atoms with Gasteiger partial charge in [0.05, 0.1) is 12.0 Å². The van der Waals surface area contributed by atoms with Crippen molar-refractivity contribution < 1.29 is 14.0 Å². The predicted octanol–water partition coefficient (Wildman–Crippen LogP) is 3.43. The van der Waals surface area contributed by atoms with E-state index in [-0.39, 0.29) is 23.7 Å². The summed E-state index contributed by atoms with van der Waals surface area (Å²) in [5.41, 5.74) is 0.968. The standard InChI is InChI=1S/C24H32FN3O2/c1-16-2-3-20(11-21(16)25)26-22(29)15-27-4-6-28(7-5-27)23(30)24-12-17-8-18(13-24)10-19(9-17)14-24/h2-3,11,17-19H,4-10,12-15H2,1H3,(H,26,29). The molecule has 0 unspecified atom stereocenters. The van der Waals surface area contributed by atoms with Crippen LogP contribution in [0, 0.1) is 35.9 Å². The first kappa shape index (κ1) is 20.0. The number of carbonyl (C=O) groups excluding carboxylic acids is 2. The van der Waals surface area contributed by atoms with Crippen molar-refractivity contribution in [2.75, 3.05) is 38.0 Å². The number of amides is 2. The van der Waals surface area contributed by atoms with Crippen LogP contribution in [0.25, 0.3) is 0 Å². The Morgan fingerprint density at radius 3 is 2.20 bits per heavy atom. The van der Waals surface area contributed by atoms with Crippen LogP contribution in [0.2, 0.25) is 0 Å². The zero-order valence-electron chi connectivity index (χ0n) is 17.8. The fourth-order valence-electron chi connectivity index (χ4n) is 6.89. The molecule has 0 radical (unpaired) electrons. The lowest BCUT2D eigenvalue weighted by molar-refractivity contribution is -0.159. The van der Waals surface area contributed by atoms with Crippen molar-refractivity contribution in [2.24, 2.45) is 23.2 Å². The zero-order valence-corrected chi connectivity index (χ0v) is 17.8. The fraction of sp³-hybridized carbons (Fsp3) is 0.667. The van der Waals surface area contributed by atoms with Gasteiger partial charge in [0.1, 0.15) is 5.82 Å². The third-order valence-electron chi connectivity index (χ3n) is 7.97. The number of aryl methyl sites for hydroxylation is 1. The molecule has 5 nitrogen and oxygen atoms in total. The second kappa shape index (κ2) is 7.63. The zero-order chi connectivity index (χ0) is 20.9. The SMILES string of the molecule is Cc1ccc(NC(=O)CN2CCN(C(=O)C34CC5CC(CC(C5)C3)C4)CC2)cc1F. The summed E-state index contributed by atoms with van der Waals surface area (Å²) in [6, 6.07) is 4.74. The molecule has 1 aromatic carbocycles. The van der Waals surface area contributed by atoms with Crippen molar-refractivity contribution in [3.8, 4) is 0 Å². The van der Waals surface area contributed by atoms with Gasteiger partial charge < -0.3 is 10.2 Å². The monoisotopic (exact) mass is 413 g/mol. The first-order valence-electron chi connectivity index (χ1n) is 11.5. The van der Waals surface area contributed by atoms with Gasteiger partial charge in [0.15, 0.2) is 0 Å². The largest absolute Gasteiger partial charge is 0.340 e. The Balaban J connectivity index is 1.13. The van der Waals surface area contributed by atoms with E-state index in [9.17, 15) is 14.0 Å². The lowest BCUT2D eigenvalue weighted by Gasteiger charge is -2.57. The second-order valence-electron chi connectivity index (χ2n) is 10.3. The highest BCUT2D eigenvalue weighted by molar-refractivity contribution is 5.92. The van der Waals surface area contributed by atoms with E-state index < -0.39 is 0 Å². The summed E-state index contributed by atoms with van der Waals surface area (Å²) >= 11 is 0. The van der Waals surface area contributed by atoms with E-state index >= 15 is 0 Å². The van der Waals surface area contributed by atoms with Crippen LogP contribution < -0.4 is 5.32 Å². The maximum atomic E-state index is 13.7. The summed E-state index contributed by atoms with van der Waals surface area (Å²) in [5.74, 6) is 2.26. The molecule has 1 N–H and O–H groups in total. The second-order valence-corrected chi connectivity index (χ2v) is 10.3. The van der Waals surface area contributed by atoms with Crippen LogP contribution in [0.15, 0.2) is 18.2 Å². The Morgan fingerprint density at radius 1 is 1.03 bits per heavy atom. The molecule has 162 valence electrons. The Labute approximate surface area is 178 Å².